The minimum atomic E-state index is 0.689. The SMILES string of the molecule is Cc1cccnc1NCCn1cc(N)cn1. The van der Waals surface area contributed by atoms with Crippen LogP contribution in [0.5, 0.6) is 0 Å². The van der Waals surface area contributed by atoms with Gasteiger partial charge < -0.3 is 11.1 Å². The summed E-state index contributed by atoms with van der Waals surface area (Å²) in [5.74, 6) is 0.919. The lowest BCUT2D eigenvalue weighted by atomic mass is 10.3. The summed E-state index contributed by atoms with van der Waals surface area (Å²) in [6.07, 6.45) is 5.24. The van der Waals surface area contributed by atoms with E-state index in [0.717, 1.165) is 24.5 Å². The number of rotatable bonds is 4. The van der Waals surface area contributed by atoms with E-state index in [1.807, 2.05) is 25.3 Å². The molecule has 0 spiro atoms. The summed E-state index contributed by atoms with van der Waals surface area (Å²) in [5.41, 5.74) is 7.40. The van der Waals surface area contributed by atoms with Crippen LogP contribution in [0.2, 0.25) is 0 Å². The smallest absolute Gasteiger partial charge is 0.128 e. The number of aromatic nitrogens is 3. The molecular formula is C11H15N5. The van der Waals surface area contributed by atoms with Gasteiger partial charge in [0.05, 0.1) is 18.4 Å². The van der Waals surface area contributed by atoms with Crippen LogP contribution < -0.4 is 11.1 Å². The van der Waals surface area contributed by atoms with Crippen LogP contribution in [-0.2, 0) is 6.54 Å². The van der Waals surface area contributed by atoms with E-state index in [9.17, 15) is 0 Å². The minimum absolute atomic E-state index is 0.689. The molecule has 0 aromatic carbocycles. The molecule has 5 nitrogen and oxygen atoms in total. The van der Waals surface area contributed by atoms with E-state index in [1.165, 1.54) is 0 Å². The number of hydrogen-bond acceptors (Lipinski definition) is 4. The van der Waals surface area contributed by atoms with Gasteiger partial charge in [-0.1, -0.05) is 6.07 Å². The largest absolute Gasteiger partial charge is 0.396 e. The van der Waals surface area contributed by atoms with Gasteiger partial charge in [-0.25, -0.2) is 4.98 Å². The summed E-state index contributed by atoms with van der Waals surface area (Å²) in [7, 11) is 0. The van der Waals surface area contributed by atoms with E-state index in [0.29, 0.717) is 5.69 Å². The fourth-order valence-corrected chi connectivity index (χ4v) is 1.46. The molecule has 2 aromatic rings. The number of pyridine rings is 1. The van der Waals surface area contributed by atoms with Gasteiger partial charge in [0, 0.05) is 18.9 Å². The lowest BCUT2D eigenvalue weighted by Crippen LogP contribution is -2.12. The lowest BCUT2D eigenvalue weighted by molar-refractivity contribution is 0.637. The number of anilines is 2. The van der Waals surface area contributed by atoms with E-state index in [4.69, 9.17) is 5.73 Å². The maximum absolute atomic E-state index is 5.57. The molecule has 2 heterocycles. The van der Waals surface area contributed by atoms with Crippen LogP contribution in [0.25, 0.3) is 0 Å². The highest BCUT2D eigenvalue weighted by molar-refractivity contribution is 5.42. The van der Waals surface area contributed by atoms with E-state index >= 15 is 0 Å². The van der Waals surface area contributed by atoms with Crippen LogP contribution >= 0.6 is 0 Å². The van der Waals surface area contributed by atoms with Gasteiger partial charge in [-0.3, -0.25) is 4.68 Å². The number of nitrogen functional groups attached to an aromatic ring is 1. The Morgan fingerprint density at radius 1 is 1.50 bits per heavy atom. The summed E-state index contributed by atoms with van der Waals surface area (Å²) in [5, 5.41) is 7.36. The van der Waals surface area contributed by atoms with Crippen LogP contribution in [-0.4, -0.2) is 21.3 Å². The average Bonchev–Trinajstić information content (AvgIpc) is 2.67. The molecule has 5 heteroatoms. The molecule has 2 aromatic heterocycles. The van der Waals surface area contributed by atoms with Gasteiger partial charge in [-0.2, -0.15) is 5.10 Å². The second-order valence-electron chi connectivity index (χ2n) is 3.63. The van der Waals surface area contributed by atoms with E-state index in [1.54, 1.807) is 17.1 Å². The van der Waals surface area contributed by atoms with Crippen molar-refractivity contribution in [2.45, 2.75) is 13.5 Å². The Morgan fingerprint density at radius 2 is 2.38 bits per heavy atom. The zero-order valence-electron chi connectivity index (χ0n) is 9.22. The number of hydrogen-bond donors (Lipinski definition) is 2. The Hall–Kier alpha value is -2.04. The molecule has 0 aliphatic carbocycles. The third-order valence-corrected chi connectivity index (χ3v) is 2.30. The van der Waals surface area contributed by atoms with Crippen molar-refractivity contribution >= 4 is 11.5 Å². The molecule has 0 unspecified atom stereocenters. The minimum Gasteiger partial charge on any atom is -0.396 e. The van der Waals surface area contributed by atoms with Crippen LogP contribution in [0.1, 0.15) is 5.56 Å². The van der Waals surface area contributed by atoms with Gasteiger partial charge in [-0.05, 0) is 18.6 Å². The molecule has 0 aliphatic heterocycles. The third kappa shape index (κ3) is 2.50. The molecule has 0 saturated heterocycles. The summed E-state index contributed by atoms with van der Waals surface area (Å²) in [6, 6.07) is 3.95. The zero-order chi connectivity index (χ0) is 11.4. The van der Waals surface area contributed by atoms with Gasteiger partial charge in [-0.15, -0.1) is 0 Å². The molecule has 0 fully saturated rings. The molecule has 0 amide bonds. The standard InChI is InChI=1S/C11H15N5/c1-9-3-2-4-13-11(9)14-5-6-16-8-10(12)7-15-16/h2-4,7-8H,5-6,12H2,1H3,(H,13,14). The molecule has 0 radical (unpaired) electrons. The van der Waals surface area contributed by atoms with Crippen LogP contribution in [0.3, 0.4) is 0 Å². The van der Waals surface area contributed by atoms with Crippen LogP contribution in [0.15, 0.2) is 30.7 Å². The topological polar surface area (TPSA) is 68.8 Å². The molecule has 0 atom stereocenters. The van der Waals surface area contributed by atoms with Gasteiger partial charge >= 0.3 is 0 Å². The fourth-order valence-electron chi connectivity index (χ4n) is 1.46. The Kier molecular flexibility index (Phi) is 3.05. The van der Waals surface area contributed by atoms with Gasteiger partial charge in [0.15, 0.2) is 0 Å². The predicted molar refractivity (Wildman–Crippen MR) is 64.1 cm³/mol. The zero-order valence-corrected chi connectivity index (χ0v) is 9.22. The van der Waals surface area contributed by atoms with Crippen molar-refractivity contribution < 1.29 is 0 Å². The molecule has 84 valence electrons. The molecule has 16 heavy (non-hydrogen) atoms. The molecule has 2 rings (SSSR count). The highest BCUT2D eigenvalue weighted by Crippen LogP contribution is 2.08. The predicted octanol–water partition coefficient (Wildman–Crippen LogP) is 1.28. The number of nitrogens with two attached hydrogens (primary N) is 1. The molecule has 0 aliphatic rings. The summed E-state index contributed by atoms with van der Waals surface area (Å²) < 4.78 is 1.81. The van der Waals surface area contributed by atoms with Crippen molar-refractivity contribution in [3.05, 3.63) is 36.3 Å². The Labute approximate surface area is 94.3 Å². The van der Waals surface area contributed by atoms with Crippen LogP contribution in [0.4, 0.5) is 11.5 Å². The van der Waals surface area contributed by atoms with Crippen molar-refractivity contribution in [3.63, 3.8) is 0 Å². The quantitative estimate of drug-likeness (QED) is 0.809. The highest BCUT2D eigenvalue weighted by Gasteiger charge is 1.98. The van der Waals surface area contributed by atoms with Crippen molar-refractivity contribution in [3.8, 4) is 0 Å². The second kappa shape index (κ2) is 4.65. The number of nitrogens with one attached hydrogen (secondary N) is 1. The third-order valence-electron chi connectivity index (χ3n) is 2.30. The first-order valence-corrected chi connectivity index (χ1v) is 5.19. The Balaban J connectivity index is 1.87. The van der Waals surface area contributed by atoms with Gasteiger partial charge in [0.25, 0.3) is 0 Å². The Morgan fingerprint density at radius 3 is 3.06 bits per heavy atom. The van der Waals surface area contributed by atoms with E-state index in [-0.39, 0.29) is 0 Å². The summed E-state index contributed by atoms with van der Waals surface area (Å²) >= 11 is 0. The maximum Gasteiger partial charge on any atom is 0.128 e. The van der Waals surface area contributed by atoms with Gasteiger partial charge in [0.2, 0.25) is 0 Å². The Bertz CT molecular complexity index is 463. The second-order valence-corrected chi connectivity index (χ2v) is 3.63. The summed E-state index contributed by atoms with van der Waals surface area (Å²) in [6.45, 7) is 3.58. The summed E-state index contributed by atoms with van der Waals surface area (Å²) in [4.78, 5) is 4.25. The maximum atomic E-state index is 5.57. The van der Waals surface area contributed by atoms with E-state index < -0.39 is 0 Å². The first-order valence-electron chi connectivity index (χ1n) is 5.19. The first kappa shape index (κ1) is 10.5. The monoisotopic (exact) mass is 217 g/mol. The highest BCUT2D eigenvalue weighted by atomic mass is 15.3. The number of nitrogens with zero attached hydrogens (tertiary/aromatic N) is 3. The normalized spacial score (nSPS) is 10.3. The number of aryl methyl sites for hydroxylation is 1. The van der Waals surface area contributed by atoms with Crippen molar-refractivity contribution in [1.82, 2.24) is 14.8 Å². The molecule has 0 bridgehead atoms. The molecule has 0 saturated carbocycles. The first-order chi connectivity index (χ1) is 7.75. The fraction of sp³-hybridized carbons (Fsp3) is 0.273. The molecule has 3 N–H and O–H groups in total. The van der Waals surface area contributed by atoms with E-state index in [2.05, 4.69) is 15.4 Å². The lowest BCUT2D eigenvalue weighted by Gasteiger charge is -2.07. The van der Waals surface area contributed by atoms with Crippen molar-refractivity contribution in [1.29, 1.82) is 0 Å². The average molecular weight is 217 g/mol. The van der Waals surface area contributed by atoms with Gasteiger partial charge in [0.1, 0.15) is 5.82 Å². The van der Waals surface area contributed by atoms with Crippen molar-refractivity contribution in [2.75, 3.05) is 17.6 Å². The molecular weight excluding hydrogens is 202 g/mol. The van der Waals surface area contributed by atoms with Crippen LogP contribution in [0, 0.1) is 6.92 Å². The van der Waals surface area contributed by atoms with Crippen molar-refractivity contribution in [2.24, 2.45) is 0 Å².